The van der Waals surface area contributed by atoms with E-state index in [1.54, 1.807) is 9.58 Å². The Hall–Kier alpha value is -2.35. The van der Waals surface area contributed by atoms with Crippen molar-refractivity contribution < 1.29 is 8.78 Å². The third-order valence-corrected chi connectivity index (χ3v) is 5.51. The van der Waals surface area contributed by atoms with Gasteiger partial charge in [-0.1, -0.05) is 55.8 Å². The first-order chi connectivity index (χ1) is 13.6. The van der Waals surface area contributed by atoms with E-state index in [2.05, 4.69) is 15.3 Å². The first-order valence-corrected chi connectivity index (χ1v) is 9.95. The fraction of sp³-hybridized carbons (Fsp3) is 0.500. The number of anilines is 1. The van der Waals surface area contributed by atoms with E-state index in [9.17, 15) is 8.78 Å². The highest BCUT2D eigenvalue weighted by atomic mass is 35.5. The Kier molecular flexibility index (Phi) is 4.72. The number of benzene rings is 1. The Labute approximate surface area is 172 Å². The second-order valence-corrected chi connectivity index (χ2v) is 8.96. The molecule has 1 atom stereocenters. The summed E-state index contributed by atoms with van der Waals surface area (Å²) in [5, 5.41) is 9.18. The standard InChI is InChI=1S/C20H23ClF2N6/c1-12(13-7-5-6-8-14(13)21)29-17-15(26-27-29)16(24-18(25-17)19(2,3)4)28-10-9-20(22,23)11-28/h5-8,12H,9-11H2,1-4H3. The topological polar surface area (TPSA) is 59.7 Å². The summed E-state index contributed by atoms with van der Waals surface area (Å²) in [6.07, 6.45) is -0.201. The Bertz CT molecular complexity index is 1060. The lowest BCUT2D eigenvalue weighted by molar-refractivity contribution is 0.0257. The number of hydrogen-bond donors (Lipinski definition) is 0. The fourth-order valence-corrected chi connectivity index (χ4v) is 3.79. The van der Waals surface area contributed by atoms with Crippen molar-refractivity contribution in [2.75, 3.05) is 18.0 Å². The van der Waals surface area contributed by atoms with Crippen molar-refractivity contribution in [2.45, 2.75) is 51.5 Å². The molecule has 0 bridgehead atoms. The van der Waals surface area contributed by atoms with E-state index in [-0.39, 0.29) is 31.0 Å². The van der Waals surface area contributed by atoms with Gasteiger partial charge in [0.25, 0.3) is 5.92 Å². The molecule has 29 heavy (non-hydrogen) atoms. The molecule has 2 aromatic heterocycles. The predicted molar refractivity (Wildman–Crippen MR) is 109 cm³/mol. The van der Waals surface area contributed by atoms with Gasteiger partial charge in [-0.05, 0) is 18.6 Å². The maximum absolute atomic E-state index is 13.9. The summed E-state index contributed by atoms with van der Waals surface area (Å²) in [6, 6.07) is 7.28. The summed E-state index contributed by atoms with van der Waals surface area (Å²) in [6.45, 7) is 7.76. The number of nitrogens with zero attached hydrogens (tertiary/aromatic N) is 6. The van der Waals surface area contributed by atoms with Crippen LogP contribution in [-0.4, -0.2) is 44.0 Å². The maximum Gasteiger partial charge on any atom is 0.266 e. The van der Waals surface area contributed by atoms with Gasteiger partial charge >= 0.3 is 0 Å². The molecule has 0 radical (unpaired) electrons. The van der Waals surface area contributed by atoms with E-state index in [1.165, 1.54) is 0 Å². The first-order valence-electron chi connectivity index (χ1n) is 9.57. The molecule has 1 saturated heterocycles. The molecule has 1 aliphatic rings. The van der Waals surface area contributed by atoms with Crippen LogP contribution in [0, 0.1) is 0 Å². The highest BCUT2D eigenvalue weighted by molar-refractivity contribution is 6.31. The van der Waals surface area contributed by atoms with Crippen molar-refractivity contribution in [3.63, 3.8) is 0 Å². The second-order valence-electron chi connectivity index (χ2n) is 8.55. The molecule has 6 nitrogen and oxygen atoms in total. The average molecular weight is 421 g/mol. The minimum atomic E-state index is -2.74. The van der Waals surface area contributed by atoms with Crippen LogP contribution in [0.25, 0.3) is 11.2 Å². The minimum Gasteiger partial charge on any atom is -0.348 e. The number of rotatable bonds is 3. The first kappa shape index (κ1) is 19.9. The molecule has 1 aromatic carbocycles. The minimum absolute atomic E-state index is 0.201. The molecule has 0 aliphatic carbocycles. The van der Waals surface area contributed by atoms with Gasteiger partial charge in [0, 0.05) is 23.4 Å². The number of fused-ring (bicyclic) bond motifs is 1. The molecular formula is C20H23ClF2N6. The van der Waals surface area contributed by atoms with Gasteiger partial charge < -0.3 is 4.90 Å². The van der Waals surface area contributed by atoms with Crippen molar-refractivity contribution in [1.82, 2.24) is 25.0 Å². The third-order valence-electron chi connectivity index (χ3n) is 5.17. The molecule has 0 amide bonds. The zero-order valence-corrected chi connectivity index (χ0v) is 17.6. The quantitative estimate of drug-likeness (QED) is 0.618. The molecule has 3 heterocycles. The molecule has 4 rings (SSSR count). The SMILES string of the molecule is CC(c1ccccc1Cl)n1nnc2c(N3CCC(F)(F)C3)nc(C(C)(C)C)nc21. The van der Waals surface area contributed by atoms with Crippen LogP contribution >= 0.6 is 11.6 Å². The molecule has 1 fully saturated rings. The Morgan fingerprint density at radius 2 is 1.90 bits per heavy atom. The molecule has 0 spiro atoms. The fourth-order valence-electron chi connectivity index (χ4n) is 3.50. The second kappa shape index (κ2) is 6.86. The number of alkyl halides is 2. The molecule has 9 heteroatoms. The van der Waals surface area contributed by atoms with Crippen molar-refractivity contribution in [3.8, 4) is 0 Å². The summed E-state index contributed by atoms with van der Waals surface area (Å²) < 4.78 is 29.4. The van der Waals surface area contributed by atoms with Crippen molar-refractivity contribution in [3.05, 3.63) is 40.7 Å². The van der Waals surface area contributed by atoms with Gasteiger partial charge in [0.05, 0.1) is 12.6 Å². The lowest BCUT2D eigenvalue weighted by Crippen LogP contribution is -2.27. The molecule has 154 valence electrons. The number of aromatic nitrogens is 5. The van der Waals surface area contributed by atoms with Gasteiger partial charge in [0.2, 0.25) is 0 Å². The van der Waals surface area contributed by atoms with Crippen LogP contribution in [0.15, 0.2) is 24.3 Å². The Morgan fingerprint density at radius 3 is 2.52 bits per heavy atom. The van der Waals surface area contributed by atoms with E-state index in [0.29, 0.717) is 27.8 Å². The largest absolute Gasteiger partial charge is 0.348 e. The van der Waals surface area contributed by atoms with E-state index >= 15 is 0 Å². The van der Waals surface area contributed by atoms with E-state index in [4.69, 9.17) is 16.6 Å². The van der Waals surface area contributed by atoms with Gasteiger partial charge in [0.1, 0.15) is 5.82 Å². The lowest BCUT2D eigenvalue weighted by atomic mass is 9.95. The summed E-state index contributed by atoms with van der Waals surface area (Å²) in [7, 11) is 0. The van der Waals surface area contributed by atoms with Crippen molar-refractivity contribution in [1.29, 1.82) is 0 Å². The maximum atomic E-state index is 13.9. The van der Waals surface area contributed by atoms with Gasteiger partial charge in [-0.15, -0.1) is 5.10 Å². The molecule has 3 aromatic rings. The summed E-state index contributed by atoms with van der Waals surface area (Å²) in [5.41, 5.74) is 1.46. The van der Waals surface area contributed by atoms with Crippen molar-refractivity contribution in [2.24, 2.45) is 0 Å². The smallest absolute Gasteiger partial charge is 0.266 e. The summed E-state index contributed by atoms with van der Waals surface area (Å²) in [5.74, 6) is -1.76. The van der Waals surface area contributed by atoms with Gasteiger partial charge in [-0.2, -0.15) is 0 Å². The normalized spacial score (nSPS) is 17.8. The van der Waals surface area contributed by atoms with E-state index in [1.807, 2.05) is 52.0 Å². The third kappa shape index (κ3) is 3.66. The van der Waals surface area contributed by atoms with E-state index < -0.39 is 5.92 Å². The molecule has 1 aliphatic heterocycles. The van der Waals surface area contributed by atoms with Crippen LogP contribution in [0.2, 0.25) is 5.02 Å². The van der Waals surface area contributed by atoms with Gasteiger partial charge in [0.15, 0.2) is 17.0 Å². The summed E-state index contributed by atoms with van der Waals surface area (Å²) in [4.78, 5) is 10.9. The highest BCUT2D eigenvalue weighted by Crippen LogP contribution is 2.35. The average Bonchev–Trinajstić information content (AvgIpc) is 3.23. The van der Waals surface area contributed by atoms with Gasteiger partial charge in [-0.25, -0.2) is 23.4 Å². The molecule has 1 unspecified atom stereocenters. The molecule has 0 saturated carbocycles. The zero-order valence-electron chi connectivity index (χ0n) is 16.8. The number of hydrogen-bond acceptors (Lipinski definition) is 5. The van der Waals surface area contributed by atoms with Crippen LogP contribution < -0.4 is 4.90 Å². The van der Waals surface area contributed by atoms with E-state index in [0.717, 1.165) is 5.56 Å². The predicted octanol–water partition coefficient (Wildman–Crippen LogP) is 4.63. The molecule has 0 N–H and O–H groups in total. The molecular weight excluding hydrogens is 398 g/mol. The van der Waals surface area contributed by atoms with Crippen LogP contribution in [0.4, 0.5) is 14.6 Å². The van der Waals surface area contributed by atoms with Crippen LogP contribution in [0.5, 0.6) is 0 Å². The monoisotopic (exact) mass is 420 g/mol. The lowest BCUT2D eigenvalue weighted by Gasteiger charge is -2.22. The van der Waals surface area contributed by atoms with Crippen LogP contribution in [-0.2, 0) is 5.41 Å². The van der Waals surface area contributed by atoms with Crippen LogP contribution in [0.1, 0.15) is 51.5 Å². The van der Waals surface area contributed by atoms with Crippen molar-refractivity contribution >= 4 is 28.6 Å². The van der Waals surface area contributed by atoms with Gasteiger partial charge in [-0.3, -0.25) is 0 Å². The highest BCUT2D eigenvalue weighted by Gasteiger charge is 2.40. The Morgan fingerprint density at radius 1 is 1.17 bits per heavy atom. The van der Waals surface area contributed by atoms with Crippen LogP contribution in [0.3, 0.4) is 0 Å². The summed E-state index contributed by atoms with van der Waals surface area (Å²) >= 11 is 6.37. The Balaban J connectivity index is 1.88. The zero-order chi connectivity index (χ0) is 21.0. The number of halogens is 3.